The molecule has 4 nitrogen and oxygen atoms in total. The van der Waals surface area contributed by atoms with Gasteiger partial charge in [-0.1, -0.05) is 33.4 Å². The molecule has 0 saturated heterocycles. The summed E-state index contributed by atoms with van der Waals surface area (Å²) in [6.07, 6.45) is 6.90. The lowest BCUT2D eigenvalue weighted by atomic mass is 9.46. The van der Waals surface area contributed by atoms with Crippen molar-refractivity contribution in [3.8, 4) is 0 Å². The Bertz CT molecular complexity index is 690. The summed E-state index contributed by atoms with van der Waals surface area (Å²) in [4.78, 5) is 24.3. The summed E-state index contributed by atoms with van der Waals surface area (Å²) in [7, 11) is 0. The second-order valence-corrected chi connectivity index (χ2v) is 9.53. The Hall–Kier alpha value is -1.42. The third kappa shape index (κ3) is 2.60. The summed E-state index contributed by atoms with van der Waals surface area (Å²) >= 11 is 0. The average molecular weight is 360 g/mol. The van der Waals surface area contributed by atoms with Crippen LogP contribution in [-0.2, 0) is 19.1 Å². The summed E-state index contributed by atoms with van der Waals surface area (Å²) in [5.41, 5.74) is -0.577. The van der Waals surface area contributed by atoms with Gasteiger partial charge < -0.3 is 9.47 Å². The molecule has 26 heavy (non-hydrogen) atoms. The predicted octanol–water partition coefficient (Wildman–Crippen LogP) is 4.38. The van der Waals surface area contributed by atoms with Crippen LogP contribution >= 0.6 is 0 Å². The van der Waals surface area contributed by atoms with Gasteiger partial charge >= 0.3 is 5.97 Å². The molecule has 1 heterocycles. The van der Waals surface area contributed by atoms with E-state index in [1.165, 1.54) is 6.92 Å². The lowest BCUT2D eigenvalue weighted by molar-refractivity contribution is -0.186. The molecule has 0 bridgehead atoms. The highest BCUT2D eigenvalue weighted by molar-refractivity contribution is 6.00. The molecule has 1 aliphatic heterocycles. The first-order valence-corrected chi connectivity index (χ1v) is 9.67. The molecular weight excluding hydrogens is 328 g/mol. The fraction of sp³-hybridized carbons (Fsp3) is 0.727. The Balaban J connectivity index is 2.04. The Morgan fingerprint density at radius 1 is 1.23 bits per heavy atom. The molecule has 4 heteroatoms. The van der Waals surface area contributed by atoms with Crippen LogP contribution in [0.25, 0.3) is 0 Å². The molecule has 0 aromatic rings. The van der Waals surface area contributed by atoms with Crippen molar-refractivity contribution in [1.82, 2.24) is 0 Å². The minimum absolute atomic E-state index is 0.0261. The van der Waals surface area contributed by atoms with Gasteiger partial charge in [-0.3, -0.25) is 9.59 Å². The number of fused-ring (bicyclic) bond motifs is 3. The van der Waals surface area contributed by atoms with Crippen LogP contribution in [-0.4, -0.2) is 29.1 Å². The van der Waals surface area contributed by atoms with Gasteiger partial charge in [-0.25, -0.2) is 0 Å². The van der Waals surface area contributed by atoms with Crippen molar-refractivity contribution in [1.29, 1.82) is 0 Å². The van der Waals surface area contributed by atoms with Crippen molar-refractivity contribution in [2.75, 3.05) is 0 Å². The van der Waals surface area contributed by atoms with Crippen molar-refractivity contribution in [3.05, 3.63) is 24.3 Å². The van der Waals surface area contributed by atoms with E-state index in [-0.39, 0.29) is 28.7 Å². The molecule has 2 fully saturated rings. The fourth-order valence-electron chi connectivity index (χ4n) is 5.96. The van der Waals surface area contributed by atoms with Gasteiger partial charge in [0.1, 0.15) is 11.7 Å². The normalized spacial score (nSPS) is 44.4. The minimum Gasteiger partial charge on any atom is -0.462 e. The summed E-state index contributed by atoms with van der Waals surface area (Å²) in [6.45, 7) is 15.9. The van der Waals surface area contributed by atoms with Crippen molar-refractivity contribution in [2.24, 2.45) is 16.7 Å². The number of carbonyl (C=O) groups is 2. The monoisotopic (exact) mass is 360 g/mol. The largest absolute Gasteiger partial charge is 0.462 e. The van der Waals surface area contributed by atoms with Gasteiger partial charge in [-0.05, 0) is 62.5 Å². The van der Waals surface area contributed by atoms with E-state index in [0.29, 0.717) is 5.92 Å². The zero-order chi connectivity index (χ0) is 19.5. The van der Waals surface area contributed by atoms with Gasteiger partial charge in [-0.15, -0.1) is 0 Å². The first-order chi connectivity index (χ1) is 11.9. The highest BCUT2D eigenvalue weighted by Crippen LogP contribution is 2.64. The van der Waals surface area contributed by atoms with Gasteiger partial charge in [0.2, 0.25) is 0 Å². The topological polar surface area (TPSA) is 52.6 Å². The van der Waals surface area contributed by atoms with Crippen LogP contribution < -0.4 is 0 Å². The summed E-state index contributed by atoms with van der Waals surface area (Å²) in [5.74, 6) is 0.0862. The standard InChI is InChI=1S/C22H32O4/c1-8-21(6)17(24)13-16-20(5)11-10-18(25-14(2)23)19(3,4)15(20)9-12-22(16,7)26-21/h8,13,15,18H,1,9-12H2,2-7H3/t15-,18+,20-,21+,22+/m1/s1. The van der Waals surface area contributed by atoms with Gasteiger partial charge in [0.25, 0.3) is 0 Å². The number of hydrogen-bond donors (Lipinski definition) is 0. The molecule has 2 aliphatic carbocycles. The van der Waals surface area contributed by atoms with Crippen LogP contribution in [0.2, 0.25) is 0 Å². The lowest BCUT2D eigenvalue weighted by Gasteiger charge is -2.62. The SMILES string of the molecule is C=C[C@]1(C)O[C@@]2(C)CC[C@@H]3C(C)(C)[C@@H](OC(C)=O)CC[C@@]3(C)C2=CC1=O. The van der Waals surface area contributed by atoms with E-state index in [4.69, 9.17) is 9.47 Å². The number of carbonyl (C=O) groups excluding carboxylic acids is 2. The van der Waals surface area contributed by atoms with E-state index in [0.717, 1.165) is 31.3 Å². The molecule has 0 aromatic heterocycles. The van der Waals surface area contributed by atoms with Crippen LogP contribution in [0.1, 0.15) is 67.2 Å². The molecule has 0 amide bonds. The Labute approximate surface area is 157 Å². The van der Waals surface area contributed by atoms with Crippen molar-refractivity contribution in [2.45, 2.75) is 84.5 Å². The molecule has 0 unspecified atom stereocenters. The van der Waals surface area contributed by atoms with Crippen molar-refractivity contribution < 1.29 is 19.1 Å². The summed E-state index contributed by atoms with van der Waals surface area (Å²) < 4.78 is 12.0. The average Bonchev–Trinajstić information content (AvgIpc) is 2.52. The van der Waals surface area contributed by atoms with Crippen LogP contribution in [0.4, 0.5) is 0 Å². The van der Waals surface area contributed by atoms with Crippen LogP contribution in [0.5, 0.6) is 0 Å². The molecule has 0 spiro atoms. The molecule has 144 valence electrons. The number of esters is 1. The van der Waals surface area contributed by atoms with Gasteiger partial charge in [0, 0.05) is 12.3 Å². The predicted molar refractivity (Wildman–Crippen MR) is 101 cm³/mol. The van der Waals surface area contributed by atoms with Crippen LogP contribution in [0, 0.1) is 16.7 Å². The summed E-state index contributed by atoms with van der Waals surface area (Å²) in [5, 5.41) is 0. The molecule has 0 radical (unpaired) electrons. The van der Waals surface area contributed by atoms with E-state index in [1.807, 2.05) is 6.08 Å². The molecule has 2 saturated carbocycles. The van der Waals surface area contributed by atoms with E-state index in [2.05, 4.69) is 34.3 Å². The second kappa shape index (κ2) is 5.79. The quantitative estimate of drug-likeness (QED) is 0.541. The van der Waals surface area contributed by atoms with E-state index in [9.17, 15) is 9.59 Å². The molecular formula is C22H32O4. The highest BCUT2D eigenvalue weighted by Gasteiger charge is 2.61. The number of ether oxygens (including phenoxy) is 2. The van der Waals surface area contributed by atoms with Crippen LogP contribution in [0.3, 0.4) is 0 Å². The summed E-state index contributed by atoms with van der Waals surface area (Å²) in [6, 6.07) is 0. The third-order valence-corrected chi connectivity index (χ3v) is 7.42. The maximum atomic E-state index is 12.8. The lowest BCUT2D eigenvalue weighted by Crippen LogP contribution is -2.61. The second-order valence-electron chi connectivity index (χ2n) is 9.53. The van der Waals surface area contributed by atoms with E-state index < -0.39 is 11.2 Å². The van der Waals surface area contributed by atoms with Crippen molar-refractivity contribution >= 4 is 11.8 Å². The molecule has 0 aromatic carbocycles. The Kier molecular flexibility index (Phi) is 4.31. The van der Waals surface area contributed by atoms with Gasteiger partial charge in [0.15, 0.2) is 5.78 Å². The third-order valence-electron chi connectivity index (χ3n) is 7.42. The number of hydrogen-bond acceptors (Lipinski definition) is 4. The molecule has 5 atom stereocenters. The maximum Gasteiger partial charge on any atom is 0.302 e. The van der Waals surface area contributed by atoms with Gasteiger partial charge in [0.05, 0.1) is 5.60 Å². The van der Waals surface area contributed by atoms with Crippen molar-refractivity contribution in [3.63, 3.8) is 0 Å². The highest BCUT2D eigenvalue weighted by atomic mass is 16.5. The maximum absolute atomic E-state index is 12.8. The molecule has 3 aliphatic rings. The molecule has 3 rings (SSSR count). The van der Waals surface area contributed by atoms with E-state index in [1.54, 1.807) is 13.0 Å². The zero-order valence-corrected chi connectivity index (χ0v) is 17.0. The number of rotatable bonds is 2. The smallest absolute Gasteiger partial charge is 0.302 e. The Morgan fingerprint density at radius 2 is 1.88 bits per heavy atom. The van der Waals surface area contributed by atoms with Gasteiger partial charge in [-0.2, -0.15) is 0 Å². The zero-order valence-electron chi connectivity index (χ0n) is 17.0. The Morgan fingerprint density at radius 3 is 2.46 bits per heavy atom. The van der Waals surface area contributed by atoms with E-state index >= 15 is 0 Å². The first kappa shape index (κ1) is 19.3. The molecule has 0 N–H and O–H groups in total. The van der Waals surface area contributed by atoms with Crippen LogP contribution in [0.15, 0.2) is 24.3 Å². The first-order valence-electron chi connectivity index (χ1n) is 9.67. The minimum atomic E-state index is -0.952. The number of ketones is 1. The fourth-order valence-corrected chi connectivity index (χ4v) is 5.96.